The molecule has 0 fully saturated rings. The summed E-state index contributed by atoms with van der Waals surface area (Å²) in [6, 6.07) is 64.4. The van der Waals surface area contributed by atoms with Crippen molar-refractivity contribution in [3.63, 3.8) is 0 Å². The number of aromatic nitrogens is 3. The molecule has 0 unspecified atom stereocenters. The third-order valence-electron chi connectivity index (χ3n) is 11.5. The van der Waals surface area contributed by atoms with Crippen molar-refractivity contribution in [3.8, 4) is 68.3 Å². The van der Waals surface area contributed by atoms with Gasteiger partial charge in [-0.3, -0.25) is 0 Å². The van der Waals surface area contributed by atoms with Crippen molar-refractivity contribution in [1.82, 2.24) is 15.0 Å². The second-order valence-electron chi connectivity index (χ2n) is 14.7. The fourth-order valence-electron chi connectivity index (χ4n) is 8.97. The van der Waals surface area contributed by atoms with Gasteiger partial charge in [-0.25, -0.2) is 15.0 Å². The van der Waals surface area contributed by atoms with Crippen molar-refractivity contribution in [2.45, 2.75) is 5.41 Å². The molecule has 0 spiro atoms. The van der Waals surface area contributed by atoms with Crippen LogP contribution in [0.15, 0.2) is 192 Å². The van der Waals surface area contributed by atoms with Gasteiger partial charge in [0.25, 0.3) is 0 Å². The van der Waals surface area contributed by atoms with E-state index in [4.69, 9.17) is 28.8 Å². The molecule has 1 aliphatic carbocycles. The molecule has 58 heavy (non-hydrogen) atoms. The Kier molecular flexibility index (Phi) is 7.04. The van der Waals surface area contributed by atoms with Gasteiger partial charge in [0, 0.05) is 27.5 Å². The molecule has 0 atom stereocenters. The standard InChI is InChI=1S/C52H31N3O3/c1-4-15-32(16-5-1)49-53-50(33-27-28-37-36-21-11-13-25-42(36)56-45(37)31-33)55-51(54-49)39-23-14-26-43-47(39)57-44-30-29-41-46(48(44)58-43)38-22-10-12-24-40(38)52(41,34-17-6-2-7-18-34)35-19-8-3-9-20-35/h1-31H. The molecule has 12 rings (SSSR count). The Balaban J connectivity index is 1.02. The zero-order valence-corrected chi connectivity index (χ0v) is 31.0. The maximum atomic E-state index is 7.00. The molecule has 0 amide bonds. The lowest BCUT2D eigenvalue weighted by molar-refractivity contribution is 0.361. The summed E-state index contributed by atoms with van der Waals surface area (Å²) in [5.74, 6) is 3.97. The molecule has 6 heteroatoms. The maximum absolute atomic E-state index is 7.00. The Morgan fingerprint density at radius 2 is 0.983 bits per heavy atom. The monoisotopic (exact) mass is 745 g/mol. The Labute approximate surface area is 333 Å². The number of hydrogen-bond donors (Lipinski definition) is 0. The Morgan fingerprint density at radius 1 is 0.379 bits per heavy atom. The van der Waals surface area contributed by atoms with E-state index in [2.05, 4.69) is 103 Å². The molecule has 0 saturated carbocycles. The highest BCUT2D eigenvalue weighted by Gasteiger charge is 2.48. The third-order valence-corrected chi connectivity index (χ3v) is 11.5. The molecule has 0 N–H and O–H groups in total. The molecular weight excluding hydrogens is 715 g/mol. The van der Waals surface area contributed by atoms with E-state index in [0.717, 1.165) is 49.8 Å². The summed E-state index contributed by atoms with van der Waals surface area (Å²) >= 11 is 0. The molecular formula is C52H31N3O3. The smallest absolute Gasteiger partial charge is 0.181 e. The lowest BCUT2D eigenvalue weighted by Gasteiger charge is -2.34. The van der Waals surface area contributed by atoms with Crippen LogP contribution < -0.4 is 9.47 Å². The van der Waals surface area contributed by atoms with Crippen LogP contribution in [0, 0.1) is 0 Å². The molecule has 6 nitrogen and oxygen atoms in total. The summed E-state index contributed by atoms with van der Waals surface area (Å²) in [7, 11) is 0. The van der Waals surface area contributed by atoms with Crippen LogP contribution in [0.25, 0.3) is 67.2 Å². The van der Waals surface area contributed by atoms with E-state index in [1.807, 2.05) is 84.9 Å². The quantitative estimate of drug-likeness (QED) is 0.175. The average molecular weight is 746 g/mol. The summed E-state index contributed by atoms with van der Waals surface area (Å²) in [5, 5.41) is 2.11. The van der Waals surface area contributed by atoms with Crippen LogP contribution in [0.2, 0.25) is 0 Å². The van der Waals surface area contributed by atoms with Gasteiger partial charge >= 0.3 is 0 Å². The molecule has 1 aliphatic heterocycles. The number of benzene rings is 8. The summed E-state index contributed by atoms with van der Waals surface area (Å²) in [6.45, 7) is 0. The zero-order valence-electron chi connectivity index (χ0n) is 31.0. The Bertz CT molecular complexity index is 3190. The Morgan fingerprint density at radius 3 is 1.78 bits per heavy atom. The lowest BCUT2D eigenvalue weighted by atomic mass is 9.68. The minimum atomic E-state index is -0.560. The normalized spacial score (nSPS) is 13.2. The molecule has 2 aliphatic rings. The Hall–Kier alpha value is -7.83. The van der Waals surface area contributed by atoms with Gasteiger partial charge in [-0.2, -0.15) is 0 Å². The topological polar surface area (TPSA) is 70.3 Å². The first-order valence-electron chi connectivity index (χ1n) is 19.3. The predicted molar refractivity (Wildman–Crippen MR) is 227 cm³/mol. The van der Waals surface area contributed by atoms with Gasteiger partial charge in [0.05, 0.1) is 11.0 Å². The number of rotatable bonds is 5. The number of ether oxygens (including phenoxy) is 2. The zero-order chi connectivity index (χ0) is 38.2. The second-order valence-corrected chi connectivity index (χ2v) is 14.7. The molecule has 0 bridgehead atoms. The summed E-state index contributed by atoms with van der Waals surface area (Å²) in [5.41, 5.74) is 10.3. The fourth-order valence-corrected chi connectivity index (χ4v) is 8.97. The van der Waals surface area contributed by atoms with E-state index in [-0.39, 0.29) is 0 Å². The van der Waals surface area contributed by atoms with Crippen LogP contribution >= 0.6 is 0 Å². The highest BCUT2D eigenvalue weighted by molar-refractivity contribution is 6.05. The van der Waals surface area contributed by atoms with Crippen LogP contribution in [0.1, 0.15) is 22.3 Å². The minimum absolute atomic E-state index is 0.469. The molecule has 0 saturated heterocycles. The van der Waals surface area contributed by atoms with Crippen LogP contribution in [-0.4, -0.2) is 15.0 Å². The van der Waals surface area contributed by atoms with E-state index in [9.17, 15) is 0 Å². The lowest BCUT2D eigenvalue weighted by Crippen LogP contribution is -2.28. The number of hydrogen-bond acceptors (Lipinski definition) is 6. The highest BCUT2D eigenvalue weighted by atomic mass is 16.6. The van der Waals surface area contributed by atoms with Gasteiger partial charge < -0.3 is 13.9 Å². The highest BCUT2D eigenvalue weighted by Crippen LogP contribution is 2.62. The average Bonchev–Trinajstić information content (AvgIpc) is 3.82. The van der Waals surface area contributed by atoms with E-state index in [1.54, 1.807) is 0 Å². The SMILES string of the molecule is c1ccc(-c2nc(-c3ccc4c(c3)oc3ccccc34)nc(-c3cccc4c3Oc3ccc5c(c3O4)-c3ccccc3C5(c3ccccc3)c3ccccc3)n2)cc1. The van der Waals surface area contributed by atoms with Gasteiger partial charge in [0.15, 0.2) is 40.5 Å². The number of furan rings is 1. The number of nitrogens with zero attached hydrogens (tertiary/aromatic N) is 3. The third kappa shape index (κ3) is 4.75. The van der Waals surface area contributed by atoms with E-state index in [0.29, 0.717) is 46.0 Å². The van der Waals surface area contributed by atoms with Crippen molar-refractivity contribution in [2.24, 2.45) is 0 Å². The van der Waals surface area contributed by atoms with Crippen LogP contribution in [0.5, 0.6) is 23.0 Å². The minimum Gasteiger partial charge on any atom is -0.456 e. The van der Waals surface area contributed by atoms with Crippen molar-refractivity contribution in [1.29, 1.82) is 0 Å². The maximum Gasteiger partial charge on any atom is 0.181 e. The first-order valence-corrected chi connectivity index (χ1v) is 19.3. The molecule has 8 aromatic carbocycles. The summed E-state index contributed by atoms with van der Waals surface area (Å²) in [6.07, 6.45) is 0. The van der Waals surface area contributed by atoms with Gasteiger partial charge in [-0.1, -0.05) is 152 Å². The van der Waals surface area contributed by atoms with Gasteiger partial charge in [0.2, 0.25) is 0 Å². The van der Waals surface area contributed by atoms with Gasteiger partial charge in [-0.05, 0) is 64.2 Å². The van der Waals surface area contributed by atoms with Crippen LogP contribution in [0.4, 0.5) is 0 Å². The van der Waals surface area contributed by atoms with Crippen molar-refractivity contribution in [2.75, 3.05) is 0 Å². The van der Waals surface area contributed by atoms with Crippen molar-refractivity contribution >= 4 is 21.9 Å². The molecule has 2 aromatic heterocycles. The molecule has 3 heterocycles. The van der Waals surface area contributed by atoms with Crippen LogP contribution in [-0.2, 0) is 5.41 Å². The first-order chi connectivity index (χ1) is 28.7. The van der Waals surface area contributed by atoms with Crippen LogP contribution in [0.3, 0.4) is 0 Å². The van der Waals surface area contributed by atoms with E-state index >= 15 is 0 Å². The van der Waals surface area contributed by atoms with E-state index in [1.165, 1.54) is 16.7 Å². The van der Waals surface area contributed by atoms with Crippen molar-refractivity contribution in [3.05, 3.63) is 210 Å². The number of para-hydroxylation sites is 2. The molecule has 0 radical (unpaired) electrons. The van der Waals surface area contributed by atoms with E-state index < -0.39 is 5.41 Å². The fraction of sp³-hybridized carbons (Fsp3) is 0.0192. The van der Waals surface area contributed by atoms with Gasteiger partial charge in [0.1, 0.15) is 11.2 Å². The number of fused-ring (bicyclic) bond motifs is 9. The van der Waals surface area contributed by atoms with Gasteiger partial charge in [-0.15, -0.1) is 0 Å². The second kappa shape index (κ2) is 12.6. The first kappa shape index (κ1) is 32.4. The van der Waals surface area contributed by atoms with Crippen molar-refractivity contribution < 1.29 is 13.9 Å². The predicted octanol–water partition coefficient (Wildman–Crippen LogP) is 13.0. The largest absolute Gasteiger partial charge is 0.456 e. The summed E-state index contributed by atoms with van der Waals surface area (Å²) in [4.78, 5) is 15.1. The molecule has 272 valence electrons. The molecule has 10 aromatic rings. The summed E-state index contributed by atoms with van der Waals surface area (Å²) < 4.78 is 20.2.